The van der Waals surface area contributed by atoms with Gasteiger partial charge in [-0.25, -0.2) is 0 Å². The molecule has 1 amide bonds. The third-order valence-electron chi connectivity index (χ3n) is 3.42. The van der Waals surface area contributed by atoms with Crippen LogP contribution in [0.1, 0.15) is 25.5 Å². The van der Waals surface area contributed by atoms with Crippen molar-refractivity contribution in [2.24, 2.45) is 5.92 Å². The number of nitrogens with zero attached hydrogens (tertiary/aromatic N) is 1. The summed E-state index contributed by atoms with van der Waals surface area (Å²) in [6, 6.07) is 3.67. The Bertz CT molecular complexity index is 487. The number of carboxylic acids is 1. The van der Waals surface area contributed by atoms with Crippen LogP contribution in [0.4, 0.5) is 5.69 Å². The van der Waals surface area contributed by atoms with Crippen molar-refractivity contribution in [1.82, 2.24) is 10.3 Å². The SMILES string of the molecule is CC1CC(C(=O)Nc2ccc(CC(=O)O)nc2)CCN1. The van der Waals surface area contributed by atoms with E-state index in [0.29, 0.717) is 17.4 Å². The van der Waals surface area contributed by atoms with Crippen LogP contribution in [0.3, 0.4) is 0 Å². The number of nitrogens with one attached hydrogen (secondary N) is 2. The van der Waals surface area contributed by atoms with Crippen LogP contribution in [-0.2, 0) is 16.0 Å². The topological polar surface area (TPSA) is 91.3 Å². The highest BCUT2D eigenvalue weighted by atomic mass is 16.4. The Kier molecular flexibility index (Phi) is 4.68. The van der Waals surface area contributed by atoms with Gasteiger partial charge < -0.3 is 15.7 Å². The van der Waals surface area contributed by atoms with Crippen molar-refractivity contribution < 1.29 is 14.7 Å². The largest absolute Gasteiger partial charge is 0.481 e. The number of aliphatic carboxylic acids is 1. The van der Waals surface area contributed by atoms with Crippen LogP contribution in [0.5, 0.6) is 0 Å². The van der Waals surface area contributed by atoms with Gasteiger partial charge in [0.2, 0.25) is 5.91 Å². The molecule has 20 heavy (non-hydrogen) atoms. The summed E-state index contributed by atoms with van der Waals surface area (Å²) in [5.74, 6) is -0.894. The molecule has 108 valence electrons. The molecule has 2 atom stereocenters. The molecule has 0 aliphatic carbocycles. The van der Waals surface area contributed by atoms with E-state index in [-0.39, 0.29) is 18.2 Å². The molecule has 0 radical (unpaired) electrons. The van der Waals surface area contributed by atoms with Crippen LogP contribution in [0.2, 0.25) is 0 Å². The third kappa shape index (κ3) is 4.03. The number of amides is 1. The van der Waals surface area contributed by atoms with Crippen LogP contribution < -0.4 is 10.6 Å². The second kappa shape index (κ2) is 6.47. The van der Waals surface area contributed by atoms with Crippen LogP contribution in [0.15, 0.2) is 18.3 Å². The minimum absolute atomic E-state index is 0.00568. The summed E-state index contributed by atoms with van der Waals surface area (Å²) >= 11 is 0. The first kappa shape index (κ1) is 14.5. The Balaban J connectivity index is 1.92. The number of carboxylic acid groups (broad SMARTS) is 1. The van der Waals surface area contributed by atoms with Crippen molar-refractivity contribution in [1.29, 1.82) is 0 Å². The van der Waals surface area contributed by atoms with Gasteiger partial charge in [0.05, 0.1) is 24.0 Å². The van der Waals surface area contributed by atoms with Crippen molar-refractivity contribution in [2.75, 3.05) is 11.9 Å². The Morgan fingerprint density at radius 1 is 1.50 bits per heavy atom. The summed E-state index contributed by atoms with van der Waals surface area (Å²) < 4.78 is 0. The maximum absolute atomic E-state index is 12.1. The van der Waals surface area contributed by atoms with E-state index in [4.69, 9.17) is 5.11 Å². The van der Waals surface area contributed by atoms with E-state index in [0.717, 1.165) is 19.4 Å². The minimum atomic E-state index is -0.919. The van der Waals surface area contributed by atoms with Gasteiger partial charge in [0.25, 0.3) is 0 Å². The number of carbonyl (C=O) groups excluding carboxylic acids is 1. The molecule has 3 N–H and O–H groups in total. The lowest BCUT2D eigenvalue weighted by atomic mass is 9.92. The van der Waals surface area contributed by atoms with Gasteiger partial charge in [0.1, 0.15) is 0 Å². The predicted octanol–water partition coefficient (Wildman–Crippen LogP) is 1.04. The number of aromatic nitrogens is 1. The summed E-state index contributed by atoms with van der Waals surface area (Å²) in [5.41, 5.74) is 1.08. The zero-order valence-electron chi connectivity index (χ0n) is 11.4. The molecule has 0 aromatic carbocycles. The lowest BCUT2D eigenvalue weighted by Gasteiger charge is -2.27. The summed E-state index contributed by atoms with van der Waals surface area (Å²) in [4.78, 5) is 26.7. The number of carbonyl (C=O) groups is 2. The van der Waals surface area contributed by atoms with E-state index in [2.05, 4.69) is 22.5 Å². The number of rotatable bonds is 4. The maximum Gasteiger partial charge on any atom is 0.309 e. The molecule has 0 spiro atoms. The van der Waals surface area contributed by atoms with Gasteiger partial charge in [-0.2, -0.15) is 0 Å². The van der Waals surface area contributed by atoms with Crippen LogP contribution in [0, 0.1) is 5.92 Å². The average molecular weight is 277 g/mol. The van der Waals surface area contributed by atoms with Crippen molar-refractivity contribution in [2.45, 2.75) is 32.2 Å². The molecule has 6 heteroatoms. The number of hydrogen-bond acceptors (Lipinski definition) is 4. The highest BCUT2D eigenvalue weighted by Crippen LogP contribution is 2.18. The van der Waals surface area contributed by atoms with E-state index in [1.54, 1.807) is 12.1 Å². The molecule has 6 nitrogen and oxygen atoms in total. The van der Waals surface area contributed by atoms with Crippen molar-refractivity contribution in [3.05, 3.63) is 24.0 Å². The third-order valence-corrected chi connectivity index (χ3v) is 3.42. The Morgan fingerprint density at radius 2 is 2.30 bits per heavy atom. The van der Waals surface area contributed by atoms with E-state index >= 15 is 0 Å². The summed E-state index contributed by atoms with van der Waals surface area (Å²) in [6.07, 6.45) is 3.05. The van der Waals surface area contributed by atoms with Crippen molar-refractivity contribution in [3.63, 3.8) is 0 Å². The fraction of sp³-hybridized carbons (Fsp3) is 0.500. The molecule has 2 rings (SSSR count). The van der Waals surface area contributed by atoms with Gasteiger partial charge in [-0.05, 0) is 38.4 Å². The van der Waals surface area contributed by atoms with Gasteiger partial charge in [0.15, 0.2) is 0 Å². The van der Waals surface area contributed by atoms with E-state index in [1.165, 1.54) is 6.20 Å². The molecule has 2 unspecified atom stereocenters. The summed E-state index contributed by atoms with van der Waals surface area (Å²) in [7, 11) is 0. The Labute approximate surface area is 117 Å². The van der Waals surface area contributed by atoms with Crippen LogP contribution in [-0.4, -0.2) is 34.6 Å². The molecule has 1 fully saturated rings. The quantitative estimate of drug-likeness (QED) is 0.764. The second-order valence-electron chi connectivity index (χ2n) is 5.17. The fourth-order valence-electron chi connectivity index (χ4n) is 2.37. The number of pyridine rings is 1. The Morgan fingerprint density at radius 3 is 2.90 bits per heavy atom. The monoisotopic (exact) mass is 277 g/mol. The molecule has 2 heterocycles. The second-order valence-corrected chi connectivity index (χ2v) is 5.17. The normalized spacial score (nSPS) is 22.2. The van der Waals surface area contributed by atoms with E-state index < -0.39 is 5.97 Å². The van der Waals surface area contributed by atoms with Gasteiger partial charge >= 0.3 is 5.97 Å². The van der Waals surface area contributed by atoms with E-state index in [9.17, 15) is 9.59 Å². The minimum Gasteiger partial charge on any atom is -0.481 e. The van der Waals surface area contributed by atoms with Gasteiger partial charge in [-0.15, -0.1) is 0 Å². The zero-order valence-corrected chi connectivity index (χ0v) is 11.4. The first-order chi connectivity index (χ1) is 9.54. The first-order valence-electron chi connectivity index (χ1n) is 6.75. The highest BCUT2D eigenvalue weighted by molar-refractivity contribution is 5.92. The lowest BCUT2D eigenvalue weighted by molar-refractivity contribution is -0.136. The first-order valence-corrected chi connectivity index (χ1v) is 6.75. The number of piperidine rings is 1. The molecular weight excluding hydrogens is 258 g/mol. The molecule has 1 aliphatic rings. The number of anilines is 1. The molecule has 0 saturated carbocycles. The van der Waals surface area contributed by atoms with Gasteiger partial charge in [0, 0.05) is 12.0 Å². The molecule has 1 aliphatic heterocycles. The van der Waals surface area contributed by atoms with Crippen LogP contribution >= 0.6 is 0 Å². The fourth-order valence-corrected chi connectivity index (χ4v) is 2.37. The molecule has 0 bridgehead atoms. The maximum atomic E-state index is 12.1. The standard InChI is InChI=1S/C14H19N3O3/c1-9-6-10(4-5-15-9)14(20)17-12-3-2-11(16-8-12)7-13(18)19/h2-3,8-10,15H,4-7H2,1H3,(H,17,20)(H,18,19). The molecule has 1 aromatic heterocycles. The summed E-state index contributed by atoms with van der Waals surface area (Å²) in [6.45, 7) is 2.93. The molecular formula is C14H19N3O3. The Hall–Kier alpha value is -1.95. The summed E-state index contributed by atoms with van der Waals surface area (Å²) in [5, 5.41) is 14.8. The highest BCUT2D eigenvalue weighted by Gasteiger charge is 2.24. The van der Waals surface area contributed by atoms with Crippen molar-refractivity contribution >= 4 is 17.6 Å². The smallest absolute Gasteiger partial charge is 0.309 e. The van der Waals surface area contributed by atoms with Crippen LogP contribution in [0.25, 0.3) is 0 Å². The van der Waals surface area contributed by atoms with Gasteiger partial charge in [-0.1, -0.05) is 0 Å². The molecule has 1 saturated heterocycles. The average Bonchev–Trinajstić information content (AvgIpc) is 2.40. The predicted molar refractivity (Wildman–Crippen MR) is 74.4 cm³/mol. The van der Waals surface area contributed by atoms with E-state index in [1.807, 2.05) is 0 Å². The molecule has 1 aromatic rings. The van der Waals surface area contributed by atoms with Crippen molar-refractivity contribution in [3.8, 4) is 0 Å². The number of hydrogen-bond donors (Lipinski definition) is 3. The lowest BCUT2D eigenvalue weighted by Crippen LogP contribution is -2.40. The zero-order chi connectivity index (χ0) is 14.5. The van der Waals surface area contributed by atoms with Gasteiger partial charge in [-0.3, -0.25) is 14.6 Å².